The summed E-state index contributed by atoms with van der Waals surface area (Å²) in [5.74, 6) is 2.13. The highest BCUT2D eigenvalue weighted by Gasteiger charge is 2.13. The molecule has 4 rings (SSSR count). The number of nitrogens with zero attached hydrogens (tertiary/aromatic N) is 1. The fourth-order valence-electron chi connectivity index (χ4n) is 3.48. The molecule has 2 aromatic rings. The van der Waals surface area contributed by atoms with Crippen LogP contribution in [0.4, 0.5) is 5.82 Å². The first kappa shape index (κ1) is 18.3. The molecule has 0 spiro atoms. The first-order chi connectivity index (χ1) is 13.8. The average molecular weight is 379 g/mol. The fourth-order valence-corrected chi connectivity index (χ4v) is 3.48. The first-order valence-electron chi connectivity index (χ1n) is 9.82. The van der Waals surface area contributed by atoms with Crippen LogP contribution in [0.5, 0.6) is 11.5 Å². The van der Waals surface area contributed by atoms with E-state index in [1.54, 1.807) is 18.3 Å². The lowest BCUT2D eigenvalue weighted by Gasteiger charge is -2.13. The highest BCUT2D eigenvalue weighted by Crippen LogP contribution is 2.32. The van der Waals surface area contributed by atoms with Crippen molar-refractivity contribution in [2.24, 2.45) is 0 Å². The summed E-state index contributed by atoms with van der Waals surface area (Å²) in [5, 5.41) is 6.27. The molecule has 2 heterocycles. The van der Waals surface area contributed by atoms with Gasteiger partial charge in [-0.15, -0.1) is 0 Å². The largest absolute Gasteiger partial charge is 0.454 e. The molecular formula is C22H25N3O3. The van der Waals surface area contributed by atoms with Crippen molar-refractivity contribution in [2.75, 3.05) is 18.7 Å². The van der Waals surface area contributed by atoms with Gasteiger partial charge in [0.2, 0.25) is 6.79 Å². The van der Waals surface area contributed by atoms with Crippen LogP contribution in [0.2, 0.25) is 0 Å². The van der Waals surface area contributed by atoms with Crippen LogP contribution in [0.1, 0.15) is 48.0 Å². The molecule has 6 heteroatoms. The van der Waals surface area contributed by atoms with Gasteiger partial charge in [0.05, 0.1) is 0 Å². The van der Waals surface area contributed by atoms with Gasteiger partial charge in [-0.25, -0.2) is 4.98 Å². The van der Waals surface area contributed by atoms with Gasteiger partial charge in [0, 0.05) is 24.8 Å². The number of nitrogens with one attached hydrogen (secondary N) is 2. The van der Waals surface area contributed by atoms with Crippen LogP contribution in [0.3, 0.4) is 0 Å². The third-order valence-electron chi connectivity index (χ3n) is 5.05. The number of rotatable bonds is 7. The summed E-state index contributed by atoms with van der Waals surface area (Å²) in [7, 11) is 0. The van der Waals surface area contributed by atoms with Crippen molar-refractivity contribution in [3.05, 3.63) is 59.3 Å². The van der Waals surface area contributed by atoms with Crippen molar-refractivity contribution in [3.8, 4) is 11.5 Å². The molecule has 2 N–H and O–H groups in total. The van der Waals surface area contributed by atoms with Crippen molar-refractivity contribution in [1.29, 1.82) is 0 Å². The molecule has 2 aliphatic rings. The second-order valence-corrected chi connectivity index (χ2v) is 7.08. The van der Waals surface area contributed by atoms with E-state index in [0.29, 0.717) is 24.5 Å². The average Bonchev–Trinajstić information content (AvgIpc) is 3.21. The second-order valence-electron chi connectivity index (χ2n) is 7.08. The predicted molar refractivity (Wildman–Crippen MR) is 108 cm³/mol. The molecule has 0 fully saturated rings. The Morgan fingerprint density at radius 2 is 2.04 bits per heavy atom. The lowest BCUT2D eigenvalue weighted by atomic mass is 9.97. The highest BCUT2D eigenvalue weighted by atomic mass is 16.7. The summed E-state index contributed by atoms with van der Waals surface area (Å²) in [6.45, 7) is 1.53. The van der Waals surface area contributed by atoms with Crippen LogP contribution in [0, 0.1) is 0 Å². The molecule has 0 unspecified atom stereocenters. The monoisotopic (exact) mass is 379 g/mol. The summed E-state index contributed by atoms with van der Waals surface area (Å²) in [4.78, 5) is 16.7. The van der Waals surface area contributed by atoms with E-state index in [2.05, 4.69) is 21.7 Å². The van der Waals surface area contributed by atoms with Crippen LogP contribution >= 0.6 is 0 Å². The highest BCUT2D eigenvalue weighted by molar-refractivity contribution is 5.94. The molecule has 1 aromatic carbocycles. The molecule has 0 saturated heterocycles. The molecule has 1 aliphatic heterocycles. The van der Waals surface area contributed by atoms with Crippen LogP contribution in [-0.4, -0.2) is 24.2 Å². The normalized spacial score (nSPS) is 15.1. The summed E-state index contributed by atoms with van der Waals surface area (Å²) < 4.78 is 10.7. The Bertz CT molecular complexity index is 879. The number of carbonyl (C=O) groups is 1. The van der Waals surface area contributed by atoms with Gasteiger partial charge in [-0.3, -0.25) is 4.79 Å². The number of hydrogen-bond donors (Lipinski definition) is 2. The molecule has 0 atom stereocenters. The molecule has 1 aromatic heterocycles. The molecular weight excluding hydrogens is 354 g/mol. The van der Waals surface area contributed by atoms with Gasteiger partial charge in [-0.1, -0.05) is 17.7 Å². The summed E-state index contributed by atoms with van der Waals surface area (Å²) >= 11 is 0. The van der Waals surface area contributed by atoms with Crippen LogP contribution in [0.15, 0.2) is 48.2 Å². The Morgan fingerprint density at radius 1 is 1.11 bits per heavy atom. The number of ether oxygens (including phenoxy) is 2. The maximum Gasteiger partial charge on any atom is 0.251 e. The molecule has 1 amide bonds. The van der Waals surface area contributed by atoms with Gasteiger partial charge < -0.3 is 20.1 Å². The first-order valence-corrected chi connectivity index (χ1v) is 9.82. The lowest BCUT2D eigenvalue weighted by molar-refractivity contribution is 0.0954. The van der Waals surface area contributed by atoms with Crippen molar-refractivity contribution in [1.82, 2.24) is 10.3 Å². The number of hydrogen-bond acceptors (Lipinski definition) is 5. The summed E-state index contributed by atoms with van der Waals surface area (Å²) in [5.41, 5.74) is 3.13. The minimum atomic E-state index is -0.0649. The molecule has 28 heavy (non-hydrogen) atoms. The Kier molecular flexibility index (Phi) is 5.75. The Hall–Kier alpha value is -3.02. The quantitative estimate of drug-likeness (QED) is 0.710. The van der Waals surface area contributed by atoms with E-state index in [4.69, 9.17) is 9.47 Å². The van der Waals surface area contributed by atoms with E-state index in [1.165, 1.54) is 31.3 Å². The molecule has 0 bridgehead atoms. The lowest BCUT2D eigenvalue weighted by Crippen LogP contribution is -2.25. The maximum atomic E-state index is 12.4. The smallest absolute Gasteiger partial charge is 0.251 e. The van der Waals surface area contributed by atoms with Crippen LogP contribution in [0.25, 0.3) is 0 Å². The number of pyridine rings is 1. The minimum absolute atomic E-state index is 0.0649. The number of anilines is 1. The van der Waals surface area contributed by atoms with Crippen molar-refractivity contribution in [3.63, 3.8) is 0 Å². The van der Waals surface area contributed by atoms with Crippen molar-refractivity contribution in [2.45, 2.75) is 38.6 Å². The SMILES string of the molecule is O=C(NCCC1=CCCCC1)c1ccnc(NCc2ccc3c(c2)OCO3)c1. The fraction of sp³-hybridized carbons (Fsp3) is 0.364. The molecule has 1 aliphatic carbocycles. The topological polar surface area (TPSA) is 72.5 Å². The number of amides is 1. The molecule has 0 saturated carbocycles. The van der Waals surface area contributed by atoms with E-state index in [1.807, 2.05) is 18.2 Å². The van der Waals surface area contributed by atoms with Gasteiger partial charge in [0.1, 0.15) is 5.82 Å². The zero-order valence-electron chi connectivity index (χ0n) is 15.9. The minimum Gasteiger partial charge on any atom is -0.454 e. The third-order valence-corrected chi connectivity index (χ3v) is 5.05. The third kappa shape index (κ3) is 4.63. The van der Waals surface area contributed by atoms with E-state index < -0.39 is 0 Å². The van der Waals surface area contributed by atoms with Gasteiger partial charge >= 0.3 is 0 Å². The number of fused-ring (bicyclic) bond motifs is 1. The van der Waals surface area contributed by atoms with E-state index in [-0.39, 0.29) is 12.7 Å². The number of carbonyl (C=O) groups excluding carboxylic acids is 1. The zero-order chi connectivity index (χ0) is 19.2. The Balaban J connectivity index is 1.29. The summed E-state index contributed by atoms with van der Waals surface area (Å²) in [6.07, 6.45) is 9.80. The van der Waals surface area contributed by atoms with Gasteiger partial charge in [-0.05, 0) is 61.9 Å². The Morgan fingerprint density at radius 3 is 2.93 bits per heavy atom. The van der Waals surface area contributed by atoms with Crippen LogP contribution < -0.4 is 20.1 Å². The second kappa shape index (κ2) is 8.78. The Labute approximate surface area is 165 Å². The molecule has 146 valence electrons. The van der Waals surface area contributed by atoms with E-state index in [9.17, 15) is 4.79 Å². The number of benzene rings is 1. The van der Waals surface area contributed by atoms with Gasteiger partial charge in [-0.2, -0.15) is 0 Å². The van der Waals surface area contributed by atoms with E-state index >= 15 is 0 Å². The van der Waals surface area contributed by atoms with Gasteiger partial charge in [0.15, 0.2) is 11.5 Å². The zero-order valence-corrected chi connectivity index (χ0v) is 15.9. The maximum absolute atomic E-state index is 12.4. The summed E-state index contributed by atoms with van der Waals surface area (Å²) in [6, 6.07) is 9.35. The number of allylic oxidation sites excluding steroid dienone is 1. The number of aromatic nitrogens is 1. The standard InChI is InChI=1S/C22H25N3O3/c26-22(24-10-8-16-4-2-1-3-5-16)18-9-11-23-21(13-18)25-14-17-6-7-19-20(12-17)28-15-27-19/h4,6-7,9,11-13H,1-3,5,8,10,14-15H2,(H,23,25)(H,24,26). The molecule has 6 nitrogen and oxygen atoms in total. The van der Waals surface area contributed by atoms with Crippen molar-refractivity contribution < 1.29 is 14.3 Å². The van der Waals surface area contributed by atoms with Crippen LogP contribution in [-0.2, 0) is 6.54 Å². The molecule has 0 radical (unpaired) electrons. The van der Waals surface area contributed by atoms with Gasteiger partial charge in [0.25, 0.3) is 5.91 Å². The van der Waals surface area contributed by atoms with Crippen molar-refractivity contribution >= 4 is 11.7 Å². The van der Waals surface area contributed by atoms with E-state index in [0.717, 1.165) is 23.5 Å². The predicted octanol–water partition coefficient (Wildman–Crippen LogP) is 4.04.